The van der Waals surface area contributed by atoms with Gasteiger partial charge in [-0.25, -0.2) is 0 Å². The summed E-state index contributed by atoms with van der Waals surface area (Å²) in [6.07, 6.45) is 0.714. The largest absolute Gasteiger partial charge is 0.490 e. The van der Waals surface area contributed by atoms with Gasteiger partial charge in [-0.1, -0.05) is 0 Å². The second kappa shape index (κ2) is 7.58. The number of hydrogen-bond acceptors (Lipinski definition) is 5. The van der Waals surface area contributed by atoms with Gasteiger partial charge in [0.25, 0.3) is 5.91 Å². The summed E-state index contributed by atoms with van der Waals surface area (Å²) in [7, 11) is 1.35. The van der Waals surface area contributed by atoms with Crippen LogP contribution in [0, 0.1) is 24.0 Å². The van der Waals surface area contributed by atoms with Crippen LogP contribution in [0.2, 0.25) is 0 Å². The Bertz CT molecular complexity index is 755. The highest BCUT2D eigenvalue weighted by molar-refractivity contribution is 5.95. The van der Waals surface area contributed by atoms with Crippen LogP contribution in [0.4, 0.5) is 5.69 Å². The fourth-order valence-corrected chi connectivity index (χ4v) is 2.41. The lowest BCUT2D eigenvalue weighted by atomic mass is 10.1. The topological polar surface area (TPSA) is 99.3 Å². The fourth-order valence-electron chi connectivity index (χ4n) is 2.41. The van der Waals surface area contributed by atoms with Crippen molar-refractivity contribution in [2.45, 2.75) is 26.8 Å². The van der Waals surface area contributed by atoms with Crippen molar-refractivity contribution in [2.24, 2.45) is 0 Å². The second-order valence-electron chi connectivity index (χ2n) is 5.40. The standard InChI is InChI=1S/C16H20N4O4/c1-11-9-12(2)19(18-11)8-4-7-17-16(21)13-5-6-15(24-3)14(10-13)20(22)23/h5-6,9-10H,4,7-8H2,1-3H3,(H,17,21). The maximum atomic E-state index is 12.1. The molecule has 0 saturated carbocycles. The van der Waals surface area contributed by atoms with Crippen molar-refractivity contribution in [1.29, 1.82) is 0 Å². The normalized spacial score (nSPS) is 10.5. The maximum Gasteiger partial charge on any atom is 0.311 e. The molecule has 1 heterocycles. The van der Waals surface area contributed by atoms with E-state index >= 15 is 0 Å². The van der Waals surface area contributed by atoms with Crippen molar-refractivity contribution in [3.05, 3.63) is 51.3 Å². The molecule has 1 amide bonds. The summed E-state index contributed by atoms with van der Waals surface area (Å²) < 4.78 is 6.81. The number of nitrogens with one attached hydrogen (secondary N) is 1. The molecule has 0 fully saturated rings. The Labute approximate surface area is 139 Å². The number of carbonyl (C=O) groups excluding carboxylic acids is 1. The molecule has 0 radical (unpaired) electrons. The molecule has 0 aliphatic rings. The SMILES string of the molecule is COc1ccc(C(=O)NCCCn2nc(C)cc2C)cc1[N+](=O)[O-]. The number of carbonyl (C=O) groups is 1. The Morgan fingerprint density at radius 3 is 2.71 bits per heavy atom. The number of ether oxygens (including phenoxy) is 1. The van der Waals surface area contributed by atoms with Crippen molar-refractivity contribution < 1.29 is 14.5 Å². The number of aromatic nitrogens is 2. The summed E-state index contributed by atoms with van der Waals surface area (Å²) in [5.41, 5.74) is 2.04. The van der Waals surface area contributed by atoms with Gasteiger partial charge in [0.15, 0.2) is 5.75 Å². The van der Waals surface area contributed by atoms with Crippen LogP contribution in [0.25, 0.3) is 0 Å². The van der Waals surface area contributed by atoms with Gasteiger partial charge in [-0.15, -0.1) is 0 Å². The predicted molar refractivity (Wildman–Crippen MR) is 88.3 cm³/mol. The molecule has 2 rings (SSSR count). The minimum Gasteiger partial charge on any atom is -0.490 e. The van der Waals surface area contributed by atoms with Gasteiger partial charge >= 0.3 is 5.69 Å². The van der Waals surface area contributed by atoms with Crippen LogP contribution in [0.5, 0.6) is 5.75 Å². The van der Waals surface area contributed by atoms with E-state index in [-0.39, 0.29) is 22.9 Å². The van der Waals surface area contributed by atoms with E-state index in [1.54, 1.807) is 0 Å². The second-order valence-corrected chi connectivity index (χ2v) is 5.40. The van der Waals surface area contributed by atoms with E-state index in [0.717, 1.165) is 11.4 Å². The van der Waals surface area contributed by atoms with Crippen LogP contribution in [0.15, 0.2) is 24.3 Å². The lowest BCUT2D eigenvalue weighted by Crippen LogP contribution is -2.25. The van der Waals surface area contributed by atoms with E-state index < -0.39 is 4.92 Å². The number of aryl methyl sites for hydroxylation is 3. The number of amides is 1. The Morgan fingerprint density at radius 1 is 1.38 bits per heavy atom. The quantitative estimate of drug-likeness (QED) is 0.476. The molecule has 1 N–H and O–H groups in total. The number of nitrogens with zero attached hydrogens (tertiary/aromatic N) is 3. The van der Waals surface area contributed by atoms with Crippen LogP contribution in [0.3, 0.4) is 0 Å². The first-order valence-electron chi connectivity index (χ1n) is 7.54. The molecule has 0 unspecified atom stereocenters. The predicted octanol–water partition coefficient (Wildman–Crippen LogP) is 2.24. The van der Waals surface area contributed by atoms with Gasteiger partial charge in [0.1, 0.15) is 0 Å². The Kier molecular flexibility index (Phi) is 5.51. The van der Waals surface area contributed by atoms with Gasteiger partial charge in [-0.2, -0.15) is 5.10 Å². The van der Waals surface area contributed by atoms with Crippen molar-refractivity contribution in [2.75, 3.05) is 13.7 Å². The summed E-state index contributed by atoms with van der Waals surface area (Å²) in [4.78, 5) is 22.5. The lowest BCUT2D eigenvalue weighted by Gasteiger charge is -2.08. The van der Waals surface area contributed by atoms with Crippen LogP contribution in [-0.4, -0.2) is 34.3 Å². The Balaban J connectivity index is 1.92. The van der Waals surface area contributed by atoms with Crippen LogP contribution in [-0.2, 0) is 6.54 Å². The van der Waals surface area contributed by atoms with Crippen LogP contribution in [0.1, 0.15) is 28.2 Å². The van der Waals surface area contributed by atoms with Crippen molar-refractivity contribution in [3.63, 3.8) is 0 Å². The van der Waals surface area contributed by atoms with E-state index in [1.165, 1.54) is 25.3 Å². The third-order valence-electron chi connectivity index (χ3n) is 3.57. The summed E-state index contributed by atoms with van der Waals surface area (Å²) >= 11 is 0. The third kappa shape index (κ3) is 4.09. The van der Waals surface area contributed by atoms with Crippen LogP contribution >= 0.6 is 0 Å². The van der Waals surface area contributed by atoms with E-state index in [1.807, 2.05) is 24.6 Å². The molecule has 2 aromatic rings. The molecule has 128 valence electrons. The molecule has 0 atom stereocenters. The van der Waals surface area contributed by atoms with E-state index in [2.05, 4.69) is 10.4 Å². The minimum atomic E-state index is -0.571. The molecule has 0 bridgehead atoms. The first-order chi connectivity index (χ1) is 11.4. The molecule has 8 heteroatoms. The van der Waals surface area contributed by atoms with E-state index in [0.29, 0.717) is 19.5 Å². The average molecular weight is 332 g/mol. The summed E-state index contributed by atoms with van der Waals surface area (Å²) in [5.74, 6) is -0.227. The van der Waals surface area contributed by atoms with Gasteiger partial charge in [0, 0.05) is 30.4 Å². The molecule has 8 nitrogen and oxygen atoms in total. The summed E-state index contributed by atoms with van der Waals surface area (Å²) in [5, 5.41) is 18.1. The number of methoxy groups -OCH3 is 1. The number of benzene rings is 1. The summed E-state index contributed by atoms with van der Waals surface area (Å²) in [6, 6.07) is 6.13. The molecule has 0 aliphatic carbocycles. The molecule has 1 aromatic heterocycles. The van der Waals surface area contributed by atoms with E-state index in [4.69, 9.17) is 4.74 Å². The highest BCUT2D eigenvalue weighted by atomic mass is 16.6. The van der Waals surface area contributed by atoms with Gasteiger partial charge < -0.3 is 10.1 Å². The smallest absolute Gasteiger partial charge is 0.311 e. The molecular weight excluding hydrogens is 312 g/mol. The highest BCUT2D eigenvalue weighted by Gasteiger charge is 2.17. The van der Waals surface area contributed by atoms with Crippen molar-refractivity contribution in [3.8, 4) is 5.75 Å². The van der Waals surface area contributed by atoms with Gasteiger partial charge in [0.2, 0.25) is 0 Å². The Hall–Kier alpha value is -2.90. The number of rotatable bonds is 7. The van der Waals surface area contributed by atoms with Gasteiger partial charge in [0.05, 0.1) is 17.7 Å². The van der Waals surface area contributed by atoms with Gasteiger partial charge in [-0.3, -0.25) is 19.6 Å². The van der Waals surface area contributed by atoms with Crippen LogP contribution < -0.4 is 10.1 Å². The Morgan fingerprint density at radius 2 is 2.12 bits per heavy atom. The van der Waals surface area contributed by atoms with Crippen molar-refractivity contribution in [1.82, 2.24) is 15.1 Å². The highest BCUT2D eigenvalue weighted by Crippen LogP contribution is 2.27. The monoisotopic (exact) mass is 332 g/mol. The molecule has 0 aliphatic heterocycles. The number of nitro groups is 1. The molecule has 1 aromatic carbocycles. The zero-order valence-corrected chi connectivity index (χ0v) is 13.9. The molecular formula is C16H20N4O4. The first kappa shape index (κ1) is 17.5. The maximum absolute atomic E-state index is 12.1. The van der Waals surface area contributed by atoms with E-state index in [9.17, 15) is 14.9 Å². The molecule has 0 spiro atoms. The zero-order valence-electron chi connectivity index (χ0n) is 13.9. The molecule has 24 heavy (non-hydrogen) atoms. The first-order valence-corrected chi connectivity index (χ1v) is 7.54. The van der Waals surface area contributed by atoms with Crippen molar-refractivity contribution >= 4 is 11.6 Å². The zero-order chi connectivity index (χ0) is 17.7. The van der Waals surface area contributed by atoms with Gasteiger partial charge in [-0.05, 0) is 38.5 Å². The minimum absolute atomic E-state index is 0.126. The number of hydrogen-bond donors (Lipinski definition) is 1. The summed E-state index contributed by atoms with van der Waals surface area (Å²) in [6.45, 7) is 5.07. The molecule has 0 saturated heterocycles. The fraction of sp³-hybridized carbons (Fsp3) is 0.375. The number of nitro benzene ring substituents is 1. The third-order valence-corrected chi connectivity index (χ3v) is 3.57. The average Bonchev–Trinajstić information content (AvgIpc) is 2.88. The lowest BCUT2D eigenvalue weighted by molar-refractivity contribution is -0.385.